The monoisotopic (exact) mass is 264 g/mol. The minimum Gasteiger partial charge on any atom is -0.449 e. The fourth-order valence-electron chi connectivity index (χ4n) is 1.64. The number of rotatable bonds is 2. The van der Waals surface area contributed by atoms with Gasteiger partial charge in [-0.1, -0.05) is 12.1 Å². The van der Waals surface area contributed by atoms with Crippen molar-refractivity contribution in [3.63, 3.8) is 0 Å². The molecule has 1 heterocycles. The normalized spacial score (nSPS) is 10.8. The fourth-order valence-corrected chi connectivity index (χ4v) is 1.64. The van der Waals surface area contributed by atoms with Gasteiger partial charge in [0.1, 0.15) is 0 Å². The van der Waals surface area contributed by atoms with Gasteiger partial charge in [-0.15, -0.1) is 0 Å². The average Bonchev–Trinajstić information content (AvgIpc) is 2.78. The predicted molar refractivity (Wildman–Crippen MR) is 59.4 cm³/mol. The van der Waals surface area contributed by atoms with Crippen LogP contribution in [0.15, 0.2) is 41.0 Å². The lowest BCUT2D eigenvalue weighted by molar-refractivity contribution is -0.782. The van der Waals surface area contributed by atoms with Crippen molar-refractivity contribution in [2.75, 3.05) is 0 Å². The van der Waals surface area contributed by atoms with Crippen LogP contribution in [0.5, 0.6) is 11.5 Å². The van der Waals surface area contributed by atoms with Crippen molar-refractivity contribution < 1.29 is 23.0 Å². The van der Waals surface area contributed by atoms with Gasteiger partial charge in [0.2, 0.25) is 11.3 Å². The van der Waals surface area contributed by atoms with Gasteiger partial charge in [-0.25, -0.2) is 4.39 Å². The minimum atomic E-state index is -1.11. The topological polar surface area (TPSA) is 62.2 Å². The smallest absolute Gasteiger partial charge is 0.290 e. The number of aromatic nitrogens is 2. The largest absolute Gasteiger partial charge is 0.449 e. The fraction of sp³-hybridized carbons (Fsp3) is 0. The Bertz CT molecular complexity index is 758. The second-order valence-electron chi connectivity index (χ2n) is 3.71. The summed E-state index contributed by atoms with van der Waals surface area (Å²) in [5, 5.41) is 14.7. The number of halogens is 2. The van der Waals surface area contributed by atoms with Crippen molar-refractivity contribution in [3.8, 4) is 11.5 Å². The average molecular weight is 264 g/mol. The number of benzene rings is 2. The molecule has 0 N–H and O–H groups in total. The van der Waals surface area contributed by atoms with E-state index in [4.69, 9.17) is 4.74 Å². The van der Waals surface area contributed by atoms with Crippen molar-refractivity contribution in [1.29, 1.82) is 0 Å². The molecule has 0 atom stereocenters. The highest BCUT2D eigenvalue weighted by atomic mass is 19.2. The summed E-state index contributed by atoms with van der Waals surface area (Å²) in [6.45, 7) is 0. The van der Waals surface area contributed by atoms with Gasteiger partial charge in [0.05, 0.1) is 5.16 Å². The Hall–Kier alpha value is -2.70. The second-order valence-corrected chi connectivity index (χ2v) is 3.71. The summed E-state index contributed by atoms with van der Waals surface area (Å²) < 4.78 is 36.2. The van der Waals surface area contributed by atoms with E-state index in [-0.39, 0.29) is 27.4 Å². The maximum Gasteiger partial charge on any atom is 0.290 e. The van der Waals surface area contributed by atoms with Crippen molar-refractivity contribution >= 4 is 11.0 Å². The van der Waals surface area contributed by atoms with Crippen LogP contribution in [0.3, 0.4) is 0 Å². The molecule has 19 heavy (non-hydrogen) atoms. The molecular formula is C12H6F2N2O3. The summed E-state index contributed by atoms with van der Waals surface area (Å²) in [7, 11) is 0. The van der Waals surface area contributed by atoms with E-state index in [9.17, 15) is 14.0 Å². The summed E-state index contributed by atoms with van der Waals surface area (Å²) in [5.74, 6) is -2.34. The molecule has 96 valence electrons. The van der Waals surface area contributed by atoms with Gasteiger partial charge in [0.15, 0.2) is 17.3 Å². The van der Waals surface area contributed by atoms with Gasteiger partial charge in [-0.05, 0) is 29.2 Å². The van der Waals surface area contributed by atoms with Crippen LogP contribution in [0.4, 0.5) is 8.78 Å². The van der Waals surface area contributed by atoms with Crippen LogP contribution in [-0.4, -0.2) is 5.16 Å². The van der Waals surface area contributed by atoms with E-state index in [0.717, 1.165) is 6.07 Å². The number of ether oxygens (including phenoxy) is 1. The Morgan fingerprint density at radius 2 is 1.84 bits per heavy atom. The SMILES string of the molecule is [O-][n+]1onc2c(Oc3cccc(F)c3F)cccc21. The first-order chi connectivity index (χ1) is 9.16. The molecule has 2 aromatic carbocycles. The second kappa shape index (κ2) is 4.20. The molecule has 3 aromatic rings. The molecule has 7 heteroatoms. The van der Waals surface area contributed by atoms with Gasteiger partial charge < -0.3 is 9.94 Å². The molecule has 0 bridgehead atoms. The van der Waals surface area contributed by atoms with E-state index < -0.39 is 11.6 Å². The Balaban J connectivity index is 2.08. The third kappa shape index (κ3) is 1.85. The van der Waals surface area contributed by atoms with Crippen LogP contribution in [0.25, 0.3) is 11.0 Å². The third-order valence-corrected chi connectivity index (χ3v) is 2.52. The number of hydrogen-bond acceptors (Lipinski definition) is 4. The van der Waals surface area contributed by atoms with Crippen LogP contribution < -0.4 is 9.64 Å². The molecule has 0 aliphatic heterocycles. The van der Waals surface area contributed by atoms with Crippen LogP contribution in [0, 0.1) is 16.8 Å². The molecule has 0 saturated heterocycles. The zero-order valence-electron chi connectivity index (χ0n) is 9.34. The molecule has 3 rings (SSSR count). The molecule has 0 radical (unpaired) electrons. The van der Waals surface area contributed by atoms with Crippen molar-refractivity contribution in [3.05, 3.63) is 53.2 Å². The summed E-state index contributed by atoms with van der Waals surface area (Å²) in [6.07, 6.45) is 0. The quantitative estimate of drug-likeness (QED) is 0.667. The standard InChI is InChI=1S/C12H6F2N2O3/c13-7-3-1-5-9(11(7)14)18-10-6-2-4-8-12(10)15-19-16(8)17/h1-6H. The summed E-state index contributed by atoms with van der Waals surface area (Å²) in [6, 6.07) is 8.00. The molecule has 0 amide bonds. The molecule has 0 aliphatic rings. The van der Waals surface area contributed by atoms with Gasteiger partial charge in [-0.2, -0.15) is 4.39 Å². The lowest BCUT2D eigenvalue weighted by Crippen LogP contribution is -2.22. The zero-order valence-corrected chi connectivity index (χ0v) is 9.34. The Morgan fingerprint density at radius 1 is 1.11 bits per heavy atom. The molecular weight excluding hydrogens is 258 g/mol. The van der Waals surface area contributed by atoms with E-state index in [1.807, 2.05) is 0 Å². The Labute approximate surface area is 105 Å². The molecule has 0 saturated carbocycles. The predicted octanol–water partition coefficient (Wildman–Crippen LogP) is 2.53. The highest BCUT2D eigenvalue weighted by Gasteiger charge is 2.17. The Morgan fingerprint density at radius 3 is 2.68 bits per heavy atom. The maximum atomic E-state index is 13.5. The van der Waals surface area contributed by atoms with Crippen molar-refractivity contribution in [2.24, 2.45) is 0 Å². The lowest BCUT2D eigenvalue weighted by atomic mass is 10.3. The zero-order chi connectivity index (χ0) is 13.4. The van der Waals surface area contributed by atoms with Gasteiger partial charge in [-0.3, -0.25) is 4.63 Å². The molecule has 0 aliphatic carbocycles. The molecule has 0 fully saturated rings. The van der Waals surface area contributed by atoms with E-state index in [1.165, 1.54) is 30.3 Å². The van der Waals surface area contributed by atoms with Crippen LogP contribution in [0.2, 0.25) is 0 Å². The first-order valence-corrected chi connectivity index (χ1v) is 5.27. The minimum absolute atomic E-state index is 0.0975. The number of nitrogens with zero attached hydrogens (tertiary/aromatic N) is 2. The number of fused-ring (bicyclic) bond motifs is 1. The highest BCUT2D eigenvalue weighted by molar-refractivity contribution is 5.78. The molecule has 0 spiro atoms. The lowest BCUT2D eigenvalue weighted by Gasteiger charge is -2.05. The van der Waals surface area contributed by atoms with Gasteiger partial charge >= 0.3 is 0 Å². The Kier molecular flexibility index (Phi) is 2.52. The summed E-state index contributed by atoms with van der Waals surface area (Å²) in [4.78, 5) is 0.199. The van der Waals surface area contributed by atoms with Crippen molar-refractivity contribution in [2.45, 2.75) is 0 Å². The van der Waals surface area contributed by atoms with Crippen molar-refractivity contribution in [1.82, 2.24) is 5.16 Å². The van der Waals surface area contributed by atoms with Gasteiger partial charge in [0, 0.05) is 0 Å². The molecule has 5 nitrogen and oxygen atoms in total. The third-order valence-electron chi connectivity index (χ3n) is 2.52. The van der Waals surface area contributed by atoms with E-state index in [1.54, 1.807) is 0 Å². The van der Waals surface area contributed by atoms with Crippen LogP contribution in [-0.2, 0) is 0 Å². The van der Waals surface area contributed by atoms with E-state index >= 15 is 0 Å². The maximum absolute atomic E-state index is 13.5. The number of hydrogen-bond donors (Lipinski definition) is 0. The van der Waals surface area contributed by atoms with Gasteiger partial charge in [0.25, 0.3) is 5.52 Å². The summed E-state index contributed by atoms with van der Waals surface area (Å²) in [5.41, 5.74) is 0.260. The van der Waals surface area contributed by atoms with Crippen LogP contribution in [0.1, 0.15) is 0 Å². The highest BCUT2D eigenvalue weighted by Crippen LogP contribution is 2.29. The molecule has 0 unspecified atom stereocenters. The van der Waals surface area contributed by atoms with Crippen LogP contribution >= 0.6 is 0 Å². The summed E-state index contributed by atoms with van der Waals surface area (Å²) >= 11 is 0. The first-order valence-electron chi connectivity index (χ1n) is 5.27. The van der Waals surface area contributed by atoms with E-state index in [2.05, 4.69) is 9.79 Å². The molecule has 1 aromatic heterocycles. The first kappa shape index (κ1) is 11.4. The van der Waals surface area contributed by atoms with E-state index in [0.29, 0.717) is 0 Å².